The number of hydrogen-bond acceptors (Lipinski definition) is 9. The van der Waals surface area contributed by atoms with Gasteiger partial charge >= 0.3 is 12.2 Å². The fourth-order valence-electron chi connectivity index (χ4n) is 4.58. The number of nitrogens with two attached hydrogens (primary N) is 1. The number of benzene rings is 2. The molecule has 0 aromatic heterocycles. The van der Waals surface area contributed by atoms with E-state index >= 15 is 0 Å². The Hall–Kier alpha value is -3.88. The molecule has 0 radical (unpaired) electrons. The van der Waals surface area contributed by atoms with Gasteiger partial charge in [0.1, 0.15) is 12.2 Å². The first-order valence-electron chi connectivity index (χ1n) is 14.6. The second kappa shape index (κ2) is 16.8. The molecule has 0 aliphatic carbocycles. The highest BCUT2D eigenvalue weighted by molar-refractivity contribution is 7.89. The molecule has 14 heteroatoms. The number of nitrogens with one attached hydrogen (secondary N) is 3. The van der Waals surface area contributed by atoms with Gasteiger partial charge in [0.25, 0.3) is 0 Å². The Balaban J connectivity index is 1.94. The molecule has 0 unspecified atom stereocenters. The summed E-state index contributed by atoms with van der Waals surface area (Å²) in [5.41, 5.74) is 7.02. The number of alkyl carbamates (subject to hydrolysis) is 2. The van der Waals surface area contributed by atoms with Crippen LogP contribution < -0.4 is 21.7 Å². The van der Waals surface area contributed by atoms with Gasteiger partial charge in [-0.05, 0) is 42.2 Å². The Morgan fingerprint density at radius 2 is 1.68 bits per heavy atom. The van der Waals surface area contributed by atoms with Crippen LogP contribution in [0.15, 0.2) is 59.5 Å². The number of amides is 3. The molecule has 44 heavy (non-hydrogen) atoms. The highest BCUT2D eigenvalue weighted by atomic mass is 32.2. The van der Waals surface area contributed by atoms with E-state index in [1.54, 1.807) is 0 Å². The van der Waals surface area contributed by atoms with Crippen molar-refractivity contribution in [1.82, 2.24) is 20.3 Å². The van der Waals surface area contributed by atoms with Crippen LogP contribution in [-0.4, -0.2) is 88.5 Å². The lowest BCUT2D eigenvalue weighted by Gasteiger charge is -2.33. The van der Waals surface area contributed by atoms with E-state index in [0.717, 1.165) is 5.56 Å². The second-order valence-corrected chi connectivity index (χ2v) is 12.9. The number of sulfonamides is 1. The lowest BCUT2D eigenvalue weighted by atomic mass is 10.0. The molecule has 2 aromatic rings. The van der Waals surface area contributed by atoms with E-state index in [4.69, 9.17) is 19.9 Å². The molecule has 242 valence electrons. The average molecular weight is 634 g/mol. The number of anilines is 1. The molecule has 3 amide bonds. The van der Waals surface area contributed by atoms with Crippen LogP contribution in [0, 0.1) is 5.92 Å². The normalized spacial score (nSPS) is 16.2. The monoisotopic (exact) mass is 633 g/mol. The Morgan fingerprint density at radius 1 is 1.00 bits per heavy atom. The van der Waals surface area contributed by atoms with Gasteiger partial charge in [-0.1, -0.05) is 44.2 Å². The molecule has 1 heterocycles. The first-order chi connectivity index (χ1) is 20.9. The number of hydrogen-bond donors (Lipinski definition) is 4. The molecule has 3 atom stereocenters. The van der Waals surface area contributed by atoms with Gasteiger partial charge in [0.2, 0.25) is 15.9 Å². The fourth-order valence-corrected chi connectivity index (χ4v) is 6.20. The summed E-state index contributed by atoms with van der Waals surface area (Å²) in [6, 6.07) is 14.2. The third-order valence-electron chi connectivity index (χ3n) is 6.71. The first kappa shape index (κ1) is 34.6. The minimum absolute atomic E-state index is 0.0269. The highest BCUT2D eigenvalue weighted by Gasteiger charge is 2.35. The van der Waals surface area contributed by atoms with Crippen LogP contribution in [-0.2, 0) is 35.4 Å². The minimum atomic E-state index is -4.07. The summed E-state index contributed by atoms with van der Waals surface area (Å²) < 4.78 is 45.7. The molecule has 1 saturated heterocycles. The zero-order chi connectivity index (χ0) is 32.1. The van der Waals surface area contributed by atoms with E-state index in [1.165, 1.54) is 35.5 Å². The van der Waals surface area contributed by atoms with Crippen molar-refractivity contribution in [3.8, 4) is 0 Å². The molecular weight excluding hydrogens is 590 g/mol. The molecule has 0 saturated carbocycles. The molecule has 1 fully saturated rings. The van der Waals surface area contributed by atoms with E-state index in [0.29, 0.717) is 18.7 Å². The topological polar surface area (TPSA) is 178 Å². The fraction of sp³-hybridized carbons (Fsp3) is 0.500. The van der Waals surface area contributed by atoms with Crippen molar-refractivity contribution < 1.29 is 37.0 Å². The van der Waals surface area contributed by atoms with Gasteiger partial charge in [-0.15, -0.1) is 0 Å². The van der Waals surface area contributed by atoms with Crippen molar-refractivity contribution in [2.45, 2.75) is 56.8 Å². The van der Waals surface area contributed by atoms with E-state index in [-0.39, 0.29) is 55.9 Å². The summed E-state index contributed by atoms with van der Waals surface area (Å²) in [7, 11) is -4.07. The Bertz CT molecular complexity index is 1320. The number of carbonyl (C=O) groups excluding carboxylic acids is 3. The van der Waals surface area contributed by atoms with Gasteiger partial charge in [-0.3, -0.25) is 4.79 Å². The van der Waals surface area contributed by atoms with E-state index in [9.17, 15) is 22.8 Å². The maximum Gasteiger partial charge on any atom is 0.407 e. The molecule has 3 rings (SSSR count). The van der Waals surface area contributed by atoms with Gasteiger partial charge in [-0.2, -0.15) is 4.31 Å². The quantitative estimate of drug-likeness (QED) is 0.169. The zero-order valence-corrected chi connectivity index (χ0v) is 26.2. The van der Waals surface area contributed by atoms with E-state index in [2.05, 4.69) is 16.0 Å². The number of carbonyl (C=O) groups is 3. The van der Waals surface area contributed by atoms with Crippen LogP contribution in [0.2, 0.25) is 0 Å². The molecule has 0 spiro atoms. The average Bonchev–Trinajstić information content (AvgIpc) is 3.47. The molecule has 1 aliphatic heterocycles. The number of rotatable bonds is 15. The van der Waals surface area contributed by atoms with Crippen LogP contribution in [0.25, 0.3) is 0 Å². The SMILES string of the molecule is CC(=O)NCCNC(=O)O[C@H](CN(CC(C)C)S(=O)(=O)c1ccc(N)cc1)[C@H](Cc1ccccc1)NC(=O)O[C@H]1CCOC1. The molecule has 1 aliphatic rings. The van der Waals surface area contributed by atoms with E-state index < -0.39 is 40.5 Å². The standard InChI is InChI=1S/C30H43N5O8S/c1-21(2)18-35(44(39,40)26-11-9-24(31)10-12-26)19-28(43-29(37)33-15-14-32-22(3)36)27(17-23-7-5-4-6-8-23)34-30(38)42-25-13-16-41-20-25/h4-12,21,25,27-28H,13-20,31H2,1-3H3,(H,32,36)(H,33,37)(H,34,38)/t25-,27-,28+/m0/s1. The van der Waals surface area contributed by atoms with Crippen molar-refractivity contribution in [3.63, 3.8) is 0 Å². The molecular formula is C30H43N5O8S. The number of nitrogen functional groups attached to an aromatic ring is 1. The lowest BCUT2D eigenvalue weighted by molar-refractivity contribution is -0.118. The van der Waals surface area contributed by atoms with Crippen LogP contribution in [0.3, 0.4) is 0 Å². The van der Waals surface area contributed by atoms with Gasteiger partial charge in [-0.25, -0.2) is 18.0 Å². The summed E-state index contributed by atoms with van der Waals surface area (Å²) in [4.78, 5) is 37.3. The molecule has 2 aromatic carbocycles. The summed E-state index contributed by atoms with van der Waals surface area (Å²) in [5.74, 6) is -0.341. The maximum atomic E-state index is 13.9. The minimum Gasteiger partial charge on any atom is -0.444 e. The summed E-state index contributed by atoms with van der Waals surface area (Å²) in [6.07, 6.45) is -2.39. The van der Waals surface area contributed by atoms with Gasteiger partial charge in [0, 0.05) is 38.7 Å². The molecule has 0 bridgehead atoms. The predicted octanol–water partition coefficient (Wildman–Crippen LogP) is 2.27. The van der Waals surface area contributed by atoms with Crippen LogP contribution in [0.5, 0.6) is 0 Å². The number of nitrogens with zero attached hydrogens (tertiary/aromatic N) is 1. The van der Waals surface area contributed by atoms with Gasteiger partial charge in [0.15, 0.2) is 0 Å². The molecule has 13 nitrogen and oxygen atoms in total. The highest BCUT2D eigenvalue weighted by Crippen LogP contribution is 2.22. The van der Waals surface area contributed by atoms with Gasteiger partial charge < -0.3 is 35.9 Å². The van der Waals surface area contributed by atoms with E-state index in [1.807, 2.05) is 44.2 Å². The van der Waals surface area contributed by atoms with Crippen LogP contribution >= 0.6 is 0 Å². The third kappa shape index (κ3) is 11.3. The first-order valence-corrected chi connectivity index (χ1v) is 16.0. The number of ether oxygens (including phenoxy) is 3. The van der Waals surface area contributed by atoms with Crippen molar-refractivity contribution >= 4 is 33.8 Å². The predicted molar refractivity (Wildman–Crippen MR) is 164 cm³/mol. The zero-order valence-electron chi connectivity index (χ0n) is 25.4. The maximum absolute atomic E-state index is 13.9. The van der Waals surface area contributed by atoms with Crippen molar-refractivity contribution in [3.05, 3.63) is 60.2 Å². The smallest absolute Gasteiger partial charge is 0.407 e. The summed E-state index contributed by atoms with van der Waals surface area (Å²) in [6.45, 7) is 5.93. The Labute approximate surface area is 258 Å². The second-order valence-electron chi connectivity index (χ2n) is 11.0. The molecule has 5 N–H and O–H groups in total. The summed E-state index contributed by atoms with van der Waals surface area (Å²) >= 11 is 0. The van der Waals surface area contributed by atoms with Crippen molar-refractivity contribution in [2.75, 3.05) is 45.1 Å². The Morgan fingerprint density at radius 3 is 2.30 bits per heavy atom. The van der Waals surface area contributed by atoms with Crippen LogP contribution in [0.4, 0.5) is 15.3 Å². The lowest BCUT2D eigenvalue weighted by Crippen LogP contribution is -2.54. The van der Waals surface area contributed by atoms with Crippen molar-refractivity contribution in [1.29, 1.82) is 0 Å². The van der Waals surface area contributed by atoms with Crippen LogP contribution in [0.1, 0.15) is 32.8 Å². The Kier molecular flexibility index (Phi) is 13.2. The largest absolute Gasteiger partial charge is 0.444 e. The summed E-state index contributed by atoms with van der Waals surface area (Å²) in [5, 5.41) is 7.97. The van der Waals surface area contributed by atoms with Gasteiger partial charge in [0.05, 0.1) is 30.7 Å². The van der Waals surface area contributed by atoms with Crippen molar-refractivity contribution in [2.24, 2.45) is 5.92 Å². The third-order valence-corrected chi connectivity index (χ3v) is 8.55.